The van der Waals surface area contributed by atoms with Crippen molar-refractivity contribution in [3.8, 4) is 0 Å². The molecule has 2 aliphatic rings. The monoisotopic (exact) mass is 282 g/mol. The first-order valence-electron chi connectivity index (χ1n) is 7.68. The molecule has 5 nitrogen and oxygen atoms in total. The molecule has 20 heavy (non-hydrogen) atoms. The van der Waals surface area contributed by atoms with Crippen LogP contribution in [0.2, 0.25) is 0 Å². The van der Waals surface area contributed by atoms with Gasteiger partial charge in [-0.25, -0.2) is 0 Å². The van der Waals surface area contributed by atoms with E-state index < -0.39 is 5.54 Å². The van der Waals surface area contributed by atoms with E-state index in [9.17, 15) is 9.59 Å². The Bertz CT molecular complexity index is 395. The first kappa shape index (κ1) is 15.3. The van der Waals surface area contributed by atoms with Gasteiger partial charge >= 0.3 is 0 Å². The molecule has 2 fully saturated rings. The Morgan fingerprint density at radius 3 is 2.55 bits per heavy atom. The van der Waals surface area contributed by atoms with Crippen LogP contribution in [0.3, 0.4) is 0 Å². The van der Waals surface area contributed by atoms with Crippen LogP contribution in [-0.4, -0.2) is 47.6 Å². The molecule has 3 unspecified atom stereocenters. The molecule has 0 spiro atoms. The zero-order valence-corrected chi connectivity index (χ0v) is 12.9. The minimum atomic E-state index is -0.719. The predicted molar refractivity (Wildman–Crippen MR) is 76.2 cm³/mol. The smallest absolute Gasteiger partial charge is 0.249 e. The van der Waals surface area contributed by atoms with Crippen LogP contribution >= 0.6 is 0 Å². The summed E-state index contributed by atoms with van der Waals surface area (Å²) in [5.74, 6) is 0.321. The molecule has 2 rings (SSSR count). The maximum atomic E-state index is 12.9. The number of rotatable bonds is 6. The highest BCUT2D eigenvalue weighted by Crippen LogP contribution is 2.42. The van der Waals surface area contributed by atoms with Crippen LogP contribution in [0.25, 0.3) is 0 Å². The topological polar surface area (TPSA) is 58.6 Å². The quantitative estimate of drug-likeness (QED) is 0.799. The van der Waals surface area contributed by atoms with Gasteiger partial charge in [0.1, 0.15) is 11.6 Å². The van der Waals surface area contributed by atoms with Gasteiger partial charge in [-0.3, -0.25) is 9.59 Å². The molecule has 0 aromatic rings. The number of hydrogen-bond acceptors (Lipinski definition) is 3. The summed E-state index contributed by atoms with van der Waals surface area (Å²) in [6.45, 7) is 8.81. The largest absolute Gasteiger partial charge is 0.380 e. The van der Waals surface area contributed by atoms with Crippen molar-refractivity contribution in [2.24, 2.45) is 5.92 Å². The molecular weight excluding hydrogens is 256 g/mol. The van der Waals surface area contributed by atoms with E-state index in [1.54, 1.807) is 4.90 Å². The molecule has 1 N–H and O–H groups in total. The zero-order valence-electron chi connectivity index (χ0n) is 12.9. The van der Waals surface area contributed by atoms with Crippen molar-refractivity contribution >= 4 is 11.8 Å². The summed E-state index contributed by atoms with van der Waals surface area (Å²) in [6, 6.07) is -0.443. The maximum Gasteiger partial charge on any atom is 0.249 e. The van der Waals surface area contributed by atoms with E-state index in [0.29, 0.717) is 25.6 Å². The second-order valence-corrected chi connectivity index (χ2v) is 6.11. The minimum absolute atomic E-state index is 0.0233. The lowest BCUT2D eigenvalue weighted by atomic mass is 9.88. The molecule has 1 saturated carbocycles. The van der Waals surface area contributed by atoms with E-state index in [-0.39, 0.29) is 23.9 Å². The lowest BCUT2D eigenvalue weighted by Gasteiger charge is -2.47. The molecule has 3 atom stereocenters. The molecule has 5 heteroatoms. The fourth-order valence-corrected chi connectivity index (χ4v) is 3.12. The van der Waals surface area contributed by atoms with E-state index in [1.165, 1.54) is 0 Å². The van der Waals surface area contributed by atoms with Gasteiger partial charge in [0, 0.05) is 6.61 Å². The van der Waals surface area contributed by atoms with Gasteiger partial charge in [0.05, 0.1) is 12.6 Å². The second kappa shape index (κ2) is 5.72. The Labute approximate surface area is 121 Å². The van der Waals surface area contributed by atoms with Gasteiger partial charge in [0.15, 0.2) is 0 Å². The summed E-state index contributed by atoms with van der Waals surface area (Å²) in [5.41, 5.74) is -0.719. The Hall–Kier alpha value is -1.10. The van der Waals surface area contributed by atoms with Crippen molar-refractivity contribution in [1.29, 1.82) is 0 Å². The molecule has 1 aliphatic carbocycles. The molecule has 0 aromatic carbocycles. The second-order valence-electron chi connectivity index (χ2n) is 6.11. The summed E-state index contributed by atoms with van der Waals surface area (Å²) in [7, 11) is 0. The number of ether oxygens (including phenoxy) is 1. The van der Waals surface area contributed by atoms with Gasteiger partial charge in [-0.1, -0.05) is 6.92 Å². The normalized spacial score (nSPS) is 32.2. The van der Waals surface area contributed by atoms with E-state index in [2.05, 4.69) is 5.32 Å². The molecule has 1 saturated heterocycles. The number of nitrogens with one attached hydrogen (secondary N) is 1. The molecule has 1 heterocycles. The van der Waals surface area contributed by atoms with Gasteiger partial charge in [0.25, 0.3) is 0 Å². The average molecular weight is 282 g/mol. The number of amides is 2. The van der Waals surface area contributed by atoms with Crippen molar-refractivity contribution in [3.63, 3.8) is 0 Å². The maximum absolute atomic E-state index is 12.9. The molecule has 0 radical (unpaired) electrons. The number of piperazine rings is 1. The molecule has 0 aromatic heterocycles. The van der Waals surface area contributed by atoms with Gasteiger partial charge in [-0.2, -0.15) is 0 Å². The first-order chi connectivity index (χ1) is 9.45. The Morgan fingerprint density at radius 2 is 2.05 bits per heavy atom. The van der Waals surface area contributed by atoms with Crippen LogP contribution in [0.5, 0.6) is 0 Å². The van der Waals surface area contributed by atoms with Crippen molar-refractivity contribution in [2.75, 3.05) is 13.2 Å². The fourth-order valence-electron chi connectivity index (χ4n) is 3.12. The first-order valence-corrected chi connectivity index (χ1v) is 7.68. The fraction of sp³-hybridized carbons (Fsp3) is 0.867. The molecule has 2 amide bonds. The van der Waals surface area contributed by atoms with Crippen LogP contribution in [0.4, 0.5) is 0 Å². The van der Waals surface area contributed by atoms with Crippen LogP contribution < -0.4 is 5.32 Å². The van der Waals surface area contributed by atoms with Crippen molar-refractivity contribution in [3.05, 3.63) is 0 Å². The molecule has 1 aliphatic heterocycles. The molecule has 114 valence electrons. The highest BCUT2D eigenvalue weighted by molar-refractivity contribution is 6.00. The lowest BCUT2D eigenvalue weighted by Crippen LogP contribution is -2.71. The summed E-state index contributed by atoms with van der Waals surface area (Å²) in [6.07, 6.45) is 2.68. The van der Waals surface area contributed by atoms with E-state index >= 15 is 0 Å². The van der Waals surface area contributed by atoms with Crippen LogP contribution in [-0.2, 0) is 14.3 Å². The Kier molecular flexibility index (Phi) is 4.37. The minimum Gasteiger partial charge on any atom is -0.380 e. The van der Waals surface area contributed by atoms with E-state index in [4.69, 9.17) is 4.74 Å². The number of carbonyl (C=O) groups is 2. The van der Waals surface area contributed by atoms with Crippen molar-refractivity contribution in [2.45, 2.75) is 64.6 Å². The van der Waals surface area contributed by atoms with Gasteiger partial charge in [0.2, 0.25) is 11.8 Å². The predicted octanol–water partition coefficient (Wildman–Crippen LogP) is 1.32. The number of carbonyl (C=O) groups excluding carboxylic acids is 2. The number of hydrogen-bond donors (Lipinski definition) is 1. The SMILES string of the molecule is CCOCC(C)N1C(=O)C(C)(C2CC2)NC(=O)C1CC. The Balaban J connectivity index is 2.23. The number of nitrogens with zero attached hydrogens (tertiary/aromatic N) is 1. The third-order valence-corrected chi connectivity index (χ3v) is 4.52. The highest BCUT2D eigenvalue weighted by atomic mass is 16.5. The summed E-state index contributed by atoms with van der Waals surface area (Å²) < 4.78 is 5.44. The average Bonchev–Trinajstić information content (AvgIpc) is 3.24. The van der Waals surface area contributed by atoms with Gasteiger partial charge in [-0.05, 0) is 46.0 Å². The van der Waals surface area contributed by atoms with Crippen LogP contribution in [0, 0.1) is 5.92 Å². The third-order valence-electron chi connectivity index (χ3n) is 4.52. The summed E-state index contributed by atoms with van der Waals surface area (Å²) in [4.78, 5) is 27.0. The van der Waals surface area contributed by atoms with Crippen LogP contribution in [0.1, 0.15) is 47.0 Å². The van der Waals surface area contributed by atoms with E-state index in [1.807, 2.05) is 27.7 Å². The van der Waals surface area contributed by atoms with Crippen molar-refractivity contribution < 1.29 is 14.3 Å². The van der Waals surface area contributed by atoms with Gasteiger partial charge < -0.3 is 15.0 Å². The van der Waals surface area contributed by atoms with Crippen molar-refractivity contribution in [1.82, 2.24) is 10.2 Å². The molecule has 0 bridgehead atoms. The molecular formula is C15H26N2O3. The van der Waals surface area contributed by atoms with Crippen LogP contribution in [0.15, 0.2) is 0 Å². The summed E-state index contributed by atoms with van der Waals surface area (Å²) >= 11 is 0. The Morgan fingerprint density at radius 1 is 1.40 bits per heavy atom. The van der Waals surface area contributed by atoms with E-state index in [0.717, 1.165) is 12.8 Å². The van der Waals surface area contributed by atoms with Gasteiger partial charge in [-0.15, -0.1) is 0 Å². The standard InChI is InChI=1S/C15H26N2O3/c1-5-12-13(18)16-15(4,11-7-8-11)14(19)17(12)10(3)9-20-6-2/h10-12H,5-9H2,1-4H3,(H,16,18). The summed E-state index contributed by atoms with van der Waals surface area (Å²) in [5, 5.41) is 2.98. The third kappa shape index (κ3) is 2.55. The zero-order chi connectivity index (χ0) is 14.9. The highest BCUT2D eigenvalue weighted by Gasteiger charge is 2.55. The lowest BCUT2D eigenvalue weighted by molar-refractivity contribution is -0.159.